The van der Waals surface area contributed by atoms with Crippen molar-refractivity contribution >= 4 is 11.7 Å². The van der Waals surface area contributed by atoms with Crippen LogP contribution in [-0.4, -0.2) is 70.1 Å². The number of nitrogens with zero attached hydrogens (tertiary/aromatic N) is 5. The number of anilines is 1. The number of amides is 1. The molecule has 4 heterocycles. The van der Waals surface area contributed by atoms with E-state index >= 15 is 0 Å². The molecule has 0 unspecified atom stereocenters. The number of likely N-dealkylation sites (tertiary alicyclic amines) is 1. The Bertz CT molecular complexity index is 867. The highest BCUT2D eigenvalue weighted by atomic mass is 16.5. The Kier molecular flexibility index (Phi) is 4.30. The molecule has 28 heavy (non-hydrogen) atoms. The minimum Gasteiger partial charge on any atom is -0.378 e. The summed E-state index contributed by atoms with van der Waals surface area (Å²) in [5.41, 5.74) is 3.20. The van der Waals surface area contributed by atoms with Gasteiger partial charge in [0, 0.05) is 37.2 Å². The number of aromatic amines is 1. The molecular weight excluding hydrogens is 356 g/mol. The van der Waals surface area contributed by atoms with Crippen molar-refractivity contribution in [2.75, 3.05) is 44.3 Å². The van der Waals surface area contributed by atoms with Gasteiger partial charge in [-0.1, -0.05) is 0 Å². The summed E-state index contributed by atoms with van der Waals surface area (Å²) in [6.07, 6.45) is 7.19. The van der Waals surface area contributed by atoms with Crippen LogP contribution in [-0.2, 0) is 16.6 Å². The highest BCUT2D eigenvalue weighted by Crippen LogP contribution is 2.47. The Morgan fingerprint density at radius 2 is 1.93 bits per heavy atom. The van der Waals surface area contributed by atoms with Crippen LogP contribution < -0.4 is 4.90 Å². The van der Waals surface area contributed by atoms with Gasteiger partial charge in [-0.15, -0.1) is 0 Å². The van der Waals surface area contributed by atoms with E-state index in [1.54, 1.807) is 12.5 Å². The van der Waals surface area contributed by atoms with Crippen molar-refractivity contribution in [2.24, 2.45) is 0 Å². The predicted octanol–water partition coefficient (Wildman–Crippen LogP) is 1.46. The first kappa shape index (κ1) is 17.6. The van der Waals surface area contributed by atoms with E-state index in [1.165, 1.54) is 11.3 Å². The van der Waals surface area contributed by atoms with Crippen molar-refractivity contribution in [3.63, 3.8) is 0 Å². The molecule has 0 radical (unpaired) electrons. The number of carbonyl (C=O) groups is 1. The predicted molar refractivity (Wildman–Crippen MR) is 104 cm³/mol. The maximum absolute atomic E-state index is 12.6. The number of imidazole rings is 1. The number of aryl methyl sites for hydroxylation is 1. The first-order valence-electron chi connectivity index (χ1n) is 10.1. The smallest absolute Gasteiger partial charge is 0.271 e. The first-order valence-corrected chi connectivity index (χ1v) is 10.1. The summed E-state index contributed by atoms with van der Waals surface area (Å²) in [4.78, 5) is 33.5. The summed E-state index contributed by atoms with van der Waals surface area (Å²) in [7, 11) is 0. The summed E-state index contributed by atoms with van der Waals surface area (Å²) < 4.78 is 5.52. The Morgan fingerprint density at radius 1 is 1.14 bits per heavy atom. The number of aromatic nitrogens is 4. The molecule has 8 heteroatoms. The second-order valence-corrected chi connectivity index (χ2v) is 8.06. The lowest BCUT2D eigenvalue weighted by atomic mass is 9.76. The van der Waals surface area contributed by atoms with Crippen LogP contribution in [0.15, 0.2) is 12.5 Å². The molecule has 0 bridgehead atoms. The van der Waals surface area contributed by atoms with Crippen LogP contribution in [0.5, 0.6) is 0 Å². The van der Waals surface area contributed by atoms with E-state index in [4.69, 9.17) is 14.7 Å². The van der Waals surface area contributed by atoms with Crippen LogP contribution in [0.2, 0.25) is 0 Å². The molecule has 2 aromatic rings. The van der Waals surface area contributed by atoms with Crippen molar-refractivity contribution in [1.82, 2.24) is 24.8 Å². The van der Waals surface area contributed by atoms with Crippen molar-refractivity contribution in [2.45, 2.75) is 38.0 Å². The zero-order valence-electron chi connectivity index (χ0n) is 16.3. The van der Waals surface area contributed by atoms with E-state index in [-0.39, 0.29) is 11.3 Å². The summed E-state index contributed by atoms with van der Waals surface area (Å²) >= 11 is 0. The third-order valence-corrected chi connectivity index (χ3v) is 6.50. The minimum atomic E-state index is 0.0402. The van der Waals surface area contributed by atoms with Gasteiger partial charge in [0.2, 0.25) is 0 Å². The van der Waals surface area contributed by atoms with Gasteiger partial charge in [0.05, 0.1) is 31.4 Å². The molecule has 2 fully saturated rings. The van der Waals surface area contributed by atoms with Crippen LogP contribution >= 0.6 is 0 Å². The topological polar surface area (TPSA) is 87.2 Å². The molecule has 1 spiro atoms. The zero-order valence-corrected chi connectivity index (χ0v) is 16.3. The molecule has 1 amide bonds. The maximum Gasteiger partial charge on any atom is 0.271 e. The number of hydrogen-bond donors (Lipinski definition) is 1. The fourth-order valence-corrected chi connectivity index (χ4v) is 4.94. The Balaban J connectivity index is 1.39. The number of nitrogens with one attached hydrogen (secondary N) is 1. The molecule has 3 aliphatic rings. The summed E-state index contributed by atoms with van der Waals surface area (Å²) in [5.74, 6) is 1.99. The van der Waals surface area contributed by atoms with E-state index in [2.05, 4.69) is 14.9 Å². The average Bonchev–Trinajstić information content (AvgIpc) is 3.38. The highest BCUT2D eigenvalue weighted by Gasteiger charge is 2.45. The Hall–Kier alpha value is -2.48. The first-order chi connectivity index (χ1) is 13.7. The Morgan fingerprint density at radius 3 is 2.64 bits per heavy atom. The van der Waals surface area contributed by atoms with Gasteiger partial charge < -0.3 is 19.5 Å². The van der Waals surface area contributed by atoms with E-state index < -0.39 is 0 Å². The van der Waals surface area contributed by atoms with Crippen LogP contribution in [0.4, 0.5) is 5.82 Å². The minimum absolute atomic E-state index is 0.0402. The van der Waals surface area contributed by atoms with Gasteiger partial charge >= 0.3 is 0 Å². The monoisotopic (exact) mass is 382 g/mol. The van der Waals surface area contributed by atoms with E-state index in [0.717, 1.165) is 76.7 Å². The van der Waals surface area contributed by atoms with Crippen molar-refractivity contribution in [3.8, 4) is 0 Å². The van der Waals surface area contributed by atoms with Gasteiger partial charge in [-0.3, -0.25) is 4.79 Å². The molecule has 2 aromatic heterocycles. The van der Waals surface area contributed by atoms with E-state index in [1.807, 2.05) is 11.8 Å². The zero-order chi connectivity index (χ0) is 19.1. The number of rotatable bonds is 2. The molecule has 1 N–H and O–H groups in total. The standard InChI is InChI=1S/C20H26N6O2/c1-14-23-17-15(18(24-14)25-8-10-28-11-9-25)2-3-20(17)4-6-26(7-5-20)19(27)16-12-21-13-22-16/h12-13H,2-11H2,1H3,(H,21,22). The molecule has 2 aliphatic heterocycles. The van der Waals surface area contributed by atoms with Gasteiger partial charge in [0.1, 0.15) is 17.3 Å². The molecule has 2 saturated heterocycles. The summed E-state index contributed by atoms with van der Waals surface area (Å²) in [6, 6.07) is 0. The number of ether oxygens (including phenoxy) is 1. The van der Waals surface area contributed by atoms with Crippen LogP contribution in [0, 0.1) is 6.92 Å². The van der Waals surface area contributed by atoms with Gasteiger partial charge in [-0.2, -0.15) is 0 Å². The molecule has 5 rings (SSSR count). The quantitative estimate of drug-likeness (QED) is 0.846. The third-order valence-electron chi connectivity index (χ3n) is 6.50. The lowest BCUT2D eigenvalue weighted by Gasteiger charge is -2.39. The number of carbonyl (C=O) groups excluding carboxylic acids is 1. The van der Waals surface area contributed by atoms with Gasteiger partial charge in [0.15, 0.2) is 0 Å². The average molecular weight is 382 g/mol. The van der Waals surface area contributed by atoms with Crippen LogP contribution in [0.3, 0.4) is 0 Å². The maximum atomic E-state index is 12.6. The largest absolute Gasteiger partial charge is 0.378 e. The van der Waals surface area contributed by atoms with Gasteiger partial charge in [-0.05, 0) is 32.6 Å². The van der Waals surface area contributed by atoms with Crippen LogP contribution in [0.25, 0.3) is 0 Å². The molecule has 8 nitrogen and oxygen atoms in total. The lowest BCUT2D eigenvalue weighted by Crippen LogP contribution is -2.45. The van der Waals surface area contributed by atoms with Crippen LogP contribution in [0.1, 0.15) is 46.8 Å². The number of fused-ring (bicyclic) bond motifs is 2. The normalized spacial score (nSPS) is 21.2. The summed E-state index contributed by atoms with van der Waals surface area (Å²) in [6.45, 7) is 6.81. The van der Waals surface area contributed by atoms with Gasteiger partial charge in [0.25, 0.3) is 5.91 Å². The third kappa shape index (κ3) is 2.87. The summed E-state index contributed by atoms with van der Waals surface area (Å²) in [5, 5.41) is 0. The highest BCUT2D eigenvalue weighted by molar-refractivity contribution is 5.92. The second kappa shape index (κ2) is 6.84. The Labute approximate surface area is 164 Å². The molecule has 0 aromatic carbocycles. The fourth-order valence-electron chi connectivity index (χ4n) is 4.94. The number of piperidine rings is 1. The molecular formula is C20H26N6O2. The van der Waals surface area contributed by atoms with Gasteiger partial charge in [-0.25, -0.2) is 15.0 Å². The molecule has 1 aliphatic carbocycles. The SMILES string of the molecule is Cc1nc(N2CCOCC2)c2c(n1)C1(CC2)CCN(C(=O)c2cnc[nH]2)CC1. The molecule has 0 saturated carbocycles. The number of morpholine rings is 1. The second-order valence-electron chi connectivity index (χ2n) is 8.06. The van der Waals surface area contributed by atoms with E-state index in [0.29, 0.717) is 5.69 Å². The lowest BCUT2D eigenvalue weighted by molar-refractivity contribution is 0.0658. The van der Waals surface area contributed by atoms with Crippen molar-refractivity contribution < 1.29 is 9.53 Å². The molecule has 0 atom stereocenters. The van der Waals surface area contributed by atoms with Crippen molar-refractivity contribution in [1.29, 1.82) is 0 Å². The van der Waals surface area contributed by atoms with E-state index in [9.17, 15) is 4.79 Å². The fraction of sp³-hybridized carbons (Fsp3) is 0.600. The number of H-pyrrole nitrogens is 1. The number of hydrogen-bond acceptors (Lipinski definition) is 6. The van der Waals surface area contributed by atoms with Crippen molar-refractivity contribution in [3.05, 3.63) is 35.3 Å². The molecule has 148 valence electrons.